The first-order valence-electron chi connectivity index (χ1n) is 2.65. The molecular formula is C5H10OS. The second-order valence-electron chi connectivity index (χ2n) is 2.19. The molecule has 1 aliphatic rings. The fourth-order valence-electron chi connectivity index (χ4n) is 0.941. The minimum absolute atomic E-state index is 0.611. The van der Waals surface area contributed by atoms with Gasteiger partial charge in [-0.2, -0.15) is 0 Å². The Morgan fingerprint density at radius 2 is 1.71 bits per heavy atom. The molecule has 0 atom stereocenters. The molecule has 0 saturated heterocycles. The van der Waals surface area contributed by atoms with Crippen LogP contribution in [-0.4, -0.2) is 10.0 Å². The SMILES string of the molecule is OC1(S)CCCC1. The van der Waals surface area contributed by atoms with Gasteiger partial charge in [-0.3, -0.25) is 0 Å². The molecule has 1 N–H and O–H groups in total. The minimum Gasteiger partial charge on any atom is -0.380 e. The topological polar surface area (TPSA) is 20.2 Å². The predicted octanol–water partition coefficient (Wildman–Crippen LogP) is 1.18. The van der Waals surface area contributed by atoms with Crippen LogP contribution in [0.15, 0.2) is 0 Å². The highest BCUT2D eigenvalue weighted by atomic mass is 32.1. The van der Waals surface area contributed by atoms with Crippen LogP contribution in [0, 0.1) is 0 Å². The first kappa shape index (κ1) is 5.45. The van der Waals surface area contributed by atoms with E-state index in [1.807, 2.05) is 0 Å². The highest BCUT2D eigenvalue weighted by Crippen LogP contribution is 2.31. The van der Waals surface area contributed by atoms with Gasteiger partial charge in [0.05, 0.1) is 0 Å². The molecule has 42 valence electrons. The van der Waals surface area contributed by atoms with E-state index in [1.54, 1.807) is 0 Å². The molecule has 1 rings (SSSR count). The van der Waals surface area contributed by atoms with E-state index < -0.39 is 4.93 Å². The van der Waals surface area contributed by atoms with Gasteiger partial charge in [0.15, 0.2) is 0 Å². The Kier molecular flexibility index (Phi) is 1.30. The Hall–Kier alpha value is 0.310. The summed E-state index contributed by atoms with van der Waals surface area (Å²) in [4.78, 5) is -0.611. The summed E-state index contributed by atoms with van der Waals surface area (Å²) in [5.74, 6) is 0. The Morgan fingerprint density at radius 1 is 1.29 bits per heavy atom. The van der Waals surface area contributed by atoms with Crippen molar-refractivity contribution in [2.45, 2.75) is 30.6 Å². The van der Waals surface area contributed by atoms with Crippen LogP contribution in [0.2, 0.25) is 0 Å². The number of thiol groups is 1. The summed E-state index contributed by atoms with van der Waals surface area (Å²) in [5.41, 5.74) is 0. The Balaban J connectivity index is 2.40. The van der Waals surface area contributed by atoms with Crippen LogP contribution >= 0.6 is 12.6 Å². The molecule has 0 unspecified atom stereocenters. The highest BCUT2D eigenvalue weighted by Gasteiger charge is 2.25. The van der Waals surface area contributed by atoms with E-state index in [0.717, 1.165) is 25.7 Å². The monoisotopic (exact) mass is 118 g/mol. The molecule has 0 aromatic rings. The third-order valence-electron chi connectivity index (χ3n) is 1.40. The van der Waals surface area contributed by atoms with Crippen molar-refractivity contribution >= 4 is 12.6 Å². The number of hydrogen-bond donors (Lipinski definition) is 2. The maximum absolute atomic E-state index is 9.06. The van der Waals surface area contributed by atoms with Gasteiger partial charge in [-0.05, 0) is 25.7 Å². The molecular weight excluding hydrogens is 108 g/mol. The third kappa shape index (κ3) is 1.35. The van der Waals surface area contributed by atoms with Crippen molar-refractivity contribution in [1.82, 2.24) is 0 Å². The molecule has 0 aliphatic heterocycles. The van der Waals surface area contributed by atoms with Crippen LogP contribution in [-0.2, 0) is 0 Å². The number of hydrogen-bond acceptors (Lipinski definition) is 2. The van der Waals surface area contributed by atoms with Crippen LogP contribution in [0.5, 0.6) is 0 Å². The lowest BCUT2D eigenvalue weighted by Crippen LogP contribution is -2.13. The molecule has 0 bridgehead atoms. The van der Waals surface area contributed by atoms with Gasteiger partial charge in [0.1, 0.15) is 4.93 Å². The Bertz CT molecular complexity index is 62.5. The maximum Gasteiger partial charge on any atom is 0.107 e. The quantitative estimate of drug-likeness (QED) is 0.361. The van der Waals surface area contributed by atoms with Crippen molar-refractivity contribution in [3.8, 4) is 0 Å². The van der Waals surface area contributed by atoms with Gasteiger partial charge in [-0.1, -0.05) is 0 Å². The molecule has 1 fully saturated rings. The average molecular weight is 118 g/mol. The molecule has 1 saturated carbocycles. The van der Waals surface area contributed by atoms with Gasteiger partial charge in [0, 0.05) is 0 Å². The molecule has 0 amide bonds. The van der Waals surface area contributed by atoms with Crippen LogP contribution in [0.3, 0.4) is 0 Å². The standard InChI is InChI=1S/C5H10OS/c6-5(7)3-1-2-4-5/h6-7H,1-4H2. The van der Waals surface area contributed by atoms with Crippen molar-refractivity contribution in [3.05, 3.63) is 0 Å². The second-order valence-corrected chi connectivity index (χ2v) is 3.02. The third-order valence-corrected chi connectivity index (χ3v) is 1.85. The van der Waals surface area contributed by atoms with Crippen molar-refractivity contribution in [2.75, 3.05) is 0 Å². The summed E-state index contributed by atoms with van der Waals surface area (Å²) in [6.45, 7) is 0. The predicted molar refractivity (Wildman–Crippen MR) is 32.4 cm³/mol. The number of rotatable bonds is 0. The zero-order valence-electron chi connectivity index (χ0n) is 4.22. The molecule has 1 nitrogen and oxygen atoms in total. The first-order valence-corrected chi connectivity index (χ1v) is 3.10. The molecule has 7 heavy (non-hydrogen) atoms. The highest BCUT2D eigenvalue weighted by molar-refractivity contribution is 7.81. The van der Waals surface area contributed by atoms with Gasteiger partial charge >= 0.3 is 0 Å². The fourth-order valence-corrected chi connectivity index (χ4v) is 1.26. The van der Waals surface area contributed by atoms with Crippen molar-refractivity contribution in [3.63, 3.8) is 0 Å². The van der Waals surface area contributed by atoms with E-state index in [4.69, 9.17) is 5.11 Å². The molecule has 2 heteroatoms. The zero-order chi connectivity index (χ0) is 5.33. The summed E-state index contributed by atoms with van der Waals surface area (Å²) in [5, 5.41) is 9.06. The van der Waals surface area contributed by atoms with E-state index in [9.17, 15) is 0 Å². The lowest BCUT2D eigenvalue weighted by molar-refractivity contribution is 0.148. The van der Waals surface area contributed by atoms with Crippen molar-refractivity contribution in [1.29, 1.82) is 0 Å². The summed E-state index contributed by atoms with van der Waals surface area (Å²) < 4.78 is 0. The van der Waals surface area contributed by atoms with E-state index >= 15 is 0 Å². The summed E-state index contributed by atoms with van der Waals surface area (Å²) in [6.07, 6.45) is 4.02. The smallest absolute Gasteiger partial charge is 0.107 e. The van der Waals surface area contributed by atoms with Gasteiger partial charge in [0.2, 0.25) is 0 Å². The largest absolute Gasteiger partial charge is 0.380 e. The van der Waals surface area contributed by atoms with Gasteiger partial charge < -0.3 is 5.11 Å². The molecule has 0 radical (unpaired) electrons. The van der Waals surface area contributed by atoms with Crippen LogP contribution in [0.1, 0.15) is 25.7 Å². The molecule has 0 aromatic carbocycles. The molecule has 1 aliphatic carbocycles. The molecule has 0 heterocycles. The van der Waals surface area contributed by atoms with Gasteiger partial charge in [-0.15, -0.1) is 12.6 Å². The fraction of sp³-hybridized carbons (Fsp3) is 1.00. The lowest BCUT2D eigenvalue weighted by atomic mass is 10.3. The van der Waals surface area contributed by atoms with E-state index in [2.05, 4.69) is 12.6 Å². The minimum atomic E-state index is -0.611. The van der Waals surface area contributed by atoms with Crippen LogP contribution in [0.4, 0.5) is 0 Å². The molecule has 0 spiro atoms. The van der Waals surface area contributed by atoms with Gasteiger partial charge in [0.25, 0.3) is 0 Å². The summed E-state index contributed by atoms with van der Waals surface area (Å²) in [7, 11) is 0. The normalized spacial score (nSPS) is 28.3. The Labute approximate surface area is 49.1 Å². The first-order chi connectivity index (χ1) is 3.21. The number of aliphatic hydroxyl groups is 1. The van der Waals surface area contributed by atoms with E-state index in [0.29, 0.717) is 0 Å². The van der Waals surface area contributed by atoms with Crippen molar-refractivity contribution in [2.24, 2.45) is 0 Å². The second kappa shape index (κ2) is 1.67. The summed E-state index contributed by atoms with van der Waals surface area (Å²) in [6, 6.07) is 0. The van der Waals surface area contributed by atoms with E-state index in [1.165, 1.54) is 0 Å². The van der Waals surface area contributed by atoms with E-state index in [-0.39, 0.29) is 0 Å². The average Bonchev–Trinajstić information content (AvgIpc) is 1.84. The maximum atomic E-state index is 9.06. The van der Waals surface area contributed by atoms with Crippen LogP contribution < -0.4 is 0 Å². The molecule has 0 aromatic heterocycles. The van der Waals surface area contributed by atoms with Crippen LogP contribution in [0.25, 0.3) is 0 Å². The van der Waals surface area contributed by atoms with Gasteiger partial charge in [-0.25, -0.2) is 0 Å². The summed E-state index contributed by atoms with van der Waals surface area (Å²) >= 11 is 4.00. The van der Waals surface area contributed by atoms with Crippen molar-refractivity contribution < 1.29 is 5.11 Å². The lowest BCUT2D eigenvalue weighted by Gasteiger charge is -2.11. The zero-order valence-corrected chi connectivity index (χ0v) is 5.12. The Morgan fingerprint density at radius 3 is 1.86 bits per heavy atom.